The largest absolute Gasteiger partial charge is 0.392 e. The Hall–Kier alpha value is -0.950. The maximum Gasteiger partial charge on any atom is 0.243 e. The van der Waals surface area contributed by atoms with Gasteiger partial charge in [0, 0.05) is 25.2 Å². The zero-order chi connectivity index (χ0) is 15.8. The van der Waals surface area contributed by atoms with Gasteiger partial charge in [-0.25, -0.2) is 8.42 Å². The Bertz CT molecular complexity index is 626. The topological polar surface area (TPSA) is 60.9 Å². The molecular weight excluding hydrogens is 288 g/mol. The van der Waals surface area contributed by atoms with Gasteiger partial charge in [-0.1, -0.05) is 12.1 Å². The van der Waals surface area contributed by atoms with Crippen LogP contribution in [0.2, 0.25) is 0 Å². The first-order valence-electron chi connectivity index (χ1n) is 7.11. The summed E-state index contributed by atoms with van der Waals surface area (Å²) >= 11 is 0. The van der Waals surface area contributed by atoms with Crippen molar-refractivity contribution in [1.29, 1.82) is 0 Å². The number of aliphatic hydroxyl groups is 1. The lowest BCUT2D eigenvalue weighted by molar-refractivity contribution is 0.0801. The molecule has 0 amide bonds. The summed E-state index contributed by atoms with van der Waals surface area (Å²) in [5, 5.41) is 9.32. The second-order valence-corrected chi connectivity index (χ2v) is 8.18. The van der Waals surface area contributed by atoms with Crippen LogP contribution in [-0.2, 0) is 16.6 Å². The number of hydrogen-bond acceptors (Lipinski definition) is 4. The second-order valence-electron chi connectivity index (χ2n) is 6.27. The Morgan fingerprint density at radius 3 is 2.52 bits per heavy atom. The van der Waals surface area contributed by atoms with E-state index in [0.717, 1.165) is 0 Å². The number of sulfonamides is 1. The molecule has 0 aliphatic carbocycles. The zero-order valence-corrected chi connectivity index (χ0v) is 13.9. The fourth-order valence-electron chi connectivity index (χ4n) is 2.65. The van der Waals surface area contributed by atoms with Gasteiger partial charge in [-0.15, -0.1) is 0 Å². The van der Waals surface area contributed by atoms with Crippen LogP contribution in [0.15, 0.2) is 23.1 Å². The SMILES string of the molecule is Cc1c(CO)cccc1S(=O)(=O)N1CCN(C)C(C)(C)C1. The third-order valence-corrected chi connectivity index (χ3v) is 6.46. The predicted molar refractivity (Wildman–Crippen MR) is 82.6 cm³/mol. The molecule has 1 saturated heterocycles. The van der Waals surface area contributed by atoms with Crippen molar-refractivity contribution in [2.45, 2.75) is 37.8 Å². The molecule has 6 heteroatoms. The molecule has 1 fully saturated rings. The summed E-state index contributed by atoms with van der Waals surface area (Å²) in [5.74, 6) is 0. The maximum atomic E-state index is 12.9. The molecule has 0 saturated carbocycles. The number of benzene rings is 1. The molecule has 1 heterocycles. The van der Waals surface area contributed by atoms with Gasteiger partial charge in [-0.2, -0.15) is 4.31 Å². The number of likely N-dealkylation sites (N-methyl/N-ethyl adjacent to an activating group) is 1. The van der Waals surface area contributed by atoms with Gasteiger partial charge in [-0.05, 0) is 45.0 Å². The first-order chi connectivity index (χ1) is 9.70. The van der Waals surface area contributed by atoms with E-state index in [-0.39, 0.29) is 12.1 Å². The van der Waals surface area contributed by atoms with Crippen molar-refractivity contribution in [3.8, 4) is 0 Å². The molecule has 2 rings (SSSR count). The normalized spacial score (nSPS) is 20.6. The highest BCUT2D eigenvalue weighted by molar-refractivity contribution is 7.89. The van der Waals surface area contributed by atoms with Crippen LogP contribution in [-0.4, -0.2) is 55.0 Å². The monoisotopic (exact) mass is 312 g/mol. The standard InChI is InChI=1S/C15H24N2O3S/c1-12-13(10-18)6-5-7-14(12)21(19,20)17-9-8-16(4)15(2,3)11-17/h5-7,18H,8-11H2,1-4H3. The number of piperazine rings is 1. The van der Waals surface area contributed by atoms with E-state index >= 15 is 0 Å². The van der Waals surface area contributed by atoms with Crippen LogP contribution in [0.4, 0.5) is 0 Å². The van der Waals surface area contributed by atoms with Gasteiger partial charge >= 0.3 is 0 Å². The number of rotatable bonds is 3. The highest BCUT2D eigenvalue weighted by atomic mass is 32.2. The summed E-state index contributed by atoms with van der Waals surface area (Å²) in [7, 11) is -1.51. The molecule has 0 radical (unpaired) electrons. The lowest BCUT2D eigenvalue weighted by Gasteiger charge is -2.44. The quantitative estimate of drug-likeness (QED) is 0.911. The van der Waals surface area contributed by atoms with Gasteiger partial charge in [-0.3, -0.25) is 4.90 Å². The van der Waals surface area contributed by atoms with Crippen molar-refractivity contribution in [3.63, 3.8) is 0 Å². The van der Waals surface area contributed by atoms with E-state index in [4.69, 9.17) is 0 Å². The average molecular weight is 312 g/mol. The van der Waals surface area contributed by atoms with E-state index in [1.807, 2.05) is 20.9 Å². The molecule has 0 unspecified atom stereocenters. The summed E-state index contributed by atoms with van der Waals surface area (Å²) in [6.07, 6.45) is 0. The Morgan fingerprint density at radius 1 is 1.29 bits per heavy atom. The van der Waals surface area contributed by atoms with E-state index in [2.05, 4.69) is 4.90 Å². The van der Waals surface area contributed by atoms with Crippen LogP contribution >= 0.6 is 0 Å². The minimum Gasteiger partial charge on any atom is -0.392 e. The Labute approximate surface area is 127 Å². The van der Waals surface area contributed by atoms with Crippen molar-refractivity contribution >= 4 is 10.0 Å². The molecule has 0 spiro atoms. The molecule has 118 valence electrons. The highest BCUT2D eigenvalue weighted by Crippen LogP contribution is 2.27. The number of aliphatic hydroxyl groups excluding tert-OH is 1. The van der Waals surface area contributed by atoms with Crippen molar-refractivity contribution in [3.05, 3.63) is 29.3 Å². The minimum atomic E-state index is -3.52. The molecular formula is C15H24N2O3S. The summed E-state index contributed by atoms with van der Waals surface area (Å²) in [5.41, 5.74) is 1.11. The molecule has 0 aromatic heterocycles. The van der Waals surface area contributed by atoms with Crippen molar-refractivity contribution in [2.75, 3.05) is 26.7 Å². The summed E-state index contributed by atoms with van der Waals surface area (Å²) in [6.45, 7) is 7.37. The van der Waals surface area contributed by atoms with Gasteiger partial charge in [0.05, 0.1) is 11.5 Å². The minimum absolute atomic E-state index is 0.149. The van der Waals surface area contributed by atoms with Crippen molar-refractivity contribution < 1.29 is 13.5 Å². The lowest BCUT2D eigenvalue weighted by atomic mass is 10.0. The third-order valence-electron chi connectivity index (χ3n) is 4.47. The van der Waals surface area contributed by atoms with E-state index in [9.17, 15) is 13.5 Å². The molecule has 5 nitrogen and oxygen atoms in total. The van der Waals surface area contributed by atoms with Gasteiger partial charge < -0.3 is 5.11 Å². The first kappa shape index (κ1) is 16.4. The molecule has 1 N–H and O–H groups in total. The lowest BCUT2D eigenvalue weighted by Crippen LogP contribution is -2.58. The van der Waals surface area contributed by atoms with Crippen LogP contribution in [0.3, 0.4) is 0 Å². The molecule has 0 bridgehead atoms. The smallest absolute Gasteiger partial charge is 0.243 e. The van der Waals surface area contributed by atoms with Gasteiger partial charge in [0.15, 0.2) is 0 Å². The fourth-order valence-corrected chi connectivity index (χ4v) is 4.51. The van der Waals surface area contributed by atoms with Crippen molar-refractivity contribution in [1.82, 2.24) is 9.21 Å². The summed E-state index contributed by atoms with van der Waals surface area (Å²) in [4.78, 5) is 2.48. The Morgan fingerprint density at radius 2 is 1.95 bits per heavy atom. The van der Waals surface area contributed by atoms with Crippen LogP contribution in [0.25, 0.3) is 0 Å². The van der Waals surface area contributed by atoms with E-state index in [1.165, 1.54) is 0 Å². The van der Waals surface area contributed by atoms with Crippen LogP contribution < -0.4 is 0 Å². The first-order valence-corrected chi connectivity index (χ1v) is 8.55. The predicted octanol–water partition coefficient (Wildman–Crippen LogP) is 1.20. The van der Waals surface area contributed by atoms with Crippen LogP contribution in [0.5, 0.6) is 0 Å². The van der Waals surface area contributed by atoms with Gasteiger partial charge in [0.25, 0.3) is 0 Å². The third kappa shape index (κ3) is 2.99. The second kappa shape index (κ2) is 5.68. The average Bonchev–Trinajstić information content (AvgIpc) is 2.41. The molecule has 1 aliphatic rings. The van der Waals surface area contributed by atoms with E-state index in [1.54, 1.807) is 29.4 Å². The molecule has 1 aromatic carbocycles. The fraction of sp³-hybridized carbons (Fsp3) is 0.600. The zero-order valence-electron chi connectivity index (χ0n) is 13.1. The van der Waals surface area contributed by atoms with Crippen LogP contribution in [0.1, 0.15) is 25.0 Å². The van der Waals surface area contributed by atoms with E-state index < -0.39 is 10.0 Å². The Kier molecular flexibility index (Phi) is 4.44. The summed E-state index contributed by atoms with van der Waals surface area (Å²) < 4.78 is 27.3. The maximum absolute atomic E-state index is 12.9. The molecule has 21 heavy (non-hydrogen) atoms. The van der Waals surface area contributed by atoms with Gasteiger partial charge in [0.1, 0.15) is 0 Å². The molecule has 1 aromatic rings. The number of nitrogens with zero attached hydrogens (tertiary/aromatic N) is 2. The van der Waals surface area contributed by atoms with Crippen molar-refractivity contribution in [2.24, 2.45) is 0 Å². The van der Waals surface area contributed by atoms with Crippen LogP contribution in [0, 0.1) is 6.92 Å². The summed E-state index contributed by atoms with van der Waals surface area (Å²) in [6, 6.07) is 5.06. The molecule has 1 aliphatic heterocycles. The highest BCUT2D eigenvalue weighted by Gasteiger charge is 2.37. The molecule has 0 atom stereocenters. The van der Waals surface area contributed by atoms with E-state index in [0.29, 0.717) is 35.7 Å². The Balaban J connectivity index is 2.39. The van der Waals surface area contributed by atoms with Gasteiger partial charge in [0.2, 0.25) is 10.0 Å². The number of hydrogen-bond donors (Lipinski definition) is 1.